The lowest BCUT2D eigenvalue weighted by Crippen LogP contribution is -2.28. The Morgan fingerprint density at radius 1 is 1.27 bits per heavy atom. The van der Waals surface area contributed by atoms with Crippen molar-refractivity contribution in [1.82, 2.24) is 4.31 Å². The van der Waals surface area contributed by atoms with Gasteiger partial charge in [0, 0.05) is 24.5 Å². The Balaban J connectivity index is 3.01. The van der Waals surface area contributed by atoms with Crippen LogP contribution in [0, 0.1) is 0 Å². The molecule has 0 aliphatic carbocycles. The van der Waals surface area contributed by atoms with Crippen LogP contribution < -0.4 is 0 Å². The predicted octanol–water partition coefficient (Wildman–Crippen LogP) is 2.20. The van der Waals surface area contributed by atoms with E-state index in [2.05, 4.69) is 0 Å². The third kappa shape index (κ3) is 3.08. The van der Waals surface area contributed by atoms with E-state index in [0.29, 0.717) is 5.02 Å². The van der Waals surface area contributed by atoms with E-state index in [0.717, 1.165) is 0 Å². The molecule has 0 heterocycles. The van der Waals surface area contributed by atoms with Crippen molar-refractivity contribution in [2.24, 2.45) is 0 Å². The lowest BCUT2D eigenvalue weighted by molar-refractivity contribution is 0.488. The van der Waals surface area contributed by atoms with Gasteiger partial charge in [0.25, 0.3) is 0 Å². The van der Waals surface area contributed by atoms with Crippen LogP contribution in [0.3, 0.4) is 0 Å². The van der Waals surface area contributed by atoms with Gasteiger partial charge >= 0.3 is 0 Å². The highest BCUT2D eigenvalue weighted by Crippen LogP contribution is 2.17. The summed E-state index contributed by atoms with van der Waals surface area (Å²) in [4.78, 5) is 0.222. The molecule has 0 fully saturated rings. The summed E-state index contributed by atoms with van der Waals surface area (Å²) in [7, 11) is -1.94. The molecule has 15 heavy (non-hydrogen) atoms. The molecule has 0 bridgehead atoms. The predicted molar refractivity (Wildman–Crippen MR) is 62.0 cm³/mol. The lowest BCUT2D eigenvalue weighted by atomic mass is 10.4. The summed E-state index contributed by atoms with van der Waals surface area (Å²) in [5.41, 5.74) is 0. The summed E-state index contributed by atoms with van der Waals surface area (Å²) in [6.07, 6.45) is 0. The highest BCUT2D eigenvalue weighted by Gasteiger charge is 2.19. The van der Waals surface area contributed by atoms with E-state index >= 15 is 0 Å². The molecule has 0 aliphatic heterocycles. The molecule has 0 aliphatic rings. The highest BCUT2D eigenvalue weighted by molar-refractivity contribution is 7.89. The van der Waals surface area contributed by atoms with Crippen molar-refractivity contribution < 1.29 is 8.42 Å². The van der Waals surface area contributed by atoms with Crippen LogP contribution in [-0.4, -0.2) is 32.2 Å². The van der Waals surface area contributed by atoms with Crippen LogP contribution in [0.25, 0.3) is 0 Å². The van der Waals surface area contributed by atoms with E-state index in [1.54, 1.807) is 12.1 Å². The molecule has 0 aromatic heterocycles. The van der Waals surface area contributed by atoms with Crippen LogP contribution in [0.5, 0.6) is 0 Å². The first-order valence-electron chi connectivity index (χ1n) is 4.26. The van der Waals surface area contributed by atoms with E-state index in [-0.39, 0.29) is 17.3 Å². The van der Waals surface area contributed by atoms with Crippen molar-refractivity contribution >= 4 is 33.2 Å². The molecule has 1 aromatic carbocycles. The minimum absolute atomic E-state index is 0.222. The molecule has 0 saturated heterocycles. The van der Waals surface area contributed by atoms with E-state index in [9.17, 15) is 8.42 Å². The first-order chi connectivity index (χ1) is 6.98. The van der Waals surface area contributed by atoms with Crippen molar-refractivity contribution in [2.45, 2.75) is 4.90 Å². The lowest BCUT2D eigenvalue weighted by Gasteiger charge is -2.15. The first kappa shape index (κ1) is 12.8. The summed E-state index contributed by atoms with van der Waals surface area (Å²) in [6, 6.07) is 6.04. The SMILES string of the molecule is CN(CCCl)S(=O)(=O)c1ccc(Cl)cc1. The van der Waals surface area contributed by atoms with Gasteiger partial charge in [-0.2, -0.15) is 4.31 Å². The van der Waals surface area contributed by atoms with Gasteiger partial charge in [0.05, 0.1) is 4.90 Å². The second-order valence-corrected chi connectivity index (χ2v) is 5.83. The fourth-order valence-corrected chi connectivity index (χ4v) is 2.68. The number of nitrogens with zero attached hydrogens (tertiary/aromatic N) is 1. The number of hydrogen-bond acceptors (Lipinski definition) is 2. The van der Waals surface area contributed by atoms with Crippen LogP contribution in [0.2, 0.25) is 5.02 Å². The topological polar surface area (TPSA) is 37.4 Å². The van der Waals surface area contributed by atoms with Gasteiger partial charge in [0.15, 0.2) is 0 Å². The molecule has 0 saturated carbocycles. The van der Waals surface area contributed by atoms with E-state index in [4.69, 9.17) is 23.2 Å². The Bertz CT molecular complexity index is 416. The van der Waals surface area contributed by atoms with Gasteiger partial charge < -0.3 is 0 Å². The highest BCUT2D eigenvalue weighted by atomic mass is 35.5. The molecule has 1 aromatic rings. The zero-order chi connectivity index (χ0) is 11.5. The minimum atomic E-state index is -3.43. The molecule has 0 spiro atoms. The van der Waals surface area contributed by atoms with Crippen molar-refractivity contribution in [2.75, 3.05) is 19.5 Å². The van der Waals surface area contributed by atoms with E-state index in [1.807, 2.05) is 0 Å². The van der Waals surface area contributed by atoms with Gasteiger partial charge in [0.1, 0.15) is 0 Å². The minimum Gasteiger partial charge on any atom is -0.207 e. The van der Waals surface area contributed by atoms with E-state index < -0.39 is 10.0 Å². The molecule has 0 N–H and O–H groups in total. The Labute approximate surface area is 99.7 Å². The maximum atomic E-state index is 11.9. The first-order valence-corrected chi connectivity index (χ1v) is 6.61. The molecule has 3 nitrogen and oxygen atoms in total. The summed E-state index contributed by atoms with van der Waals surface area (Å²) < 4.78 is 24.9. The summed E-state index contributed by atoms with van der Waals surface area (Å²) in [5, 5.41) is 0.508. The van der Waals surface area contributed by atoms with Gasteiger partial charge in [-0.3, -0.25) is 0 Å². The van der Waals surface area contributed by atoms with Crippen molar-refractivity contribution in [3.63, 3.8) is 0 Å². The van der Waals surface area contributed by atoms with Crippen molar-refractivity contribution in [1.29, 1.82) is 0 Å². The average molecular weight is 268 g/mol. The smallest absolute Gasteiger partial charge is 0.207 e. The van der Waals surface area contributed by atoms with Gasteiger partial charge in [0.2, 0.25) is 10.0 Å². The third-order valence-electron chi connectivity index (χ3n) is 1.92. The number of benzene rings is 1. The normalized spacial score (nSPS) is 12.0. The fourth-order valence-electron chi connectivity index (χ4n) is 1.03. The Hall–Kier alpha value is -0.290. The monoisotopic (exact) mass is 267 g/mol. The standard InChI is InChI=1S/C9H11Cl2NO2S/c1-12(7-6-10)15(13,14)9-4-2-8(11)3-5-9/h2-5H,6-7H2,1H3. The second kappa shape index (κ2) is 5.16. The Kier molecular flexibility index (Phi) is 4.40. The number of rotatable bonds is 4. The molecule has 1 rings (SSSR count). The maximum absolute atomic E-state index is 11.9. The molecule has 84 valence electrons. The zero-order valence-corrected chi connectivity index (χ0v) is 10.5. The second-order valence-electron chi connectivity index (χ2n) is 2.97. The van der Waals surface area contributed by atoms with Gasteiger partial charge in [-0.25, -0.2) is 8.42 Å². The van der Waals surface area contributed by atoms with Gasteiger partial charge in [-0.15, -0.1) is 11.6 Å². The van der Waals surface area contributed by atoms with Gasteiger partial charge in [-0.1, -0.05) is 11.6 Å². The number of alkyl halides is 1. The molecular weight excluding hydrogens is 257 g/mol. The van der Waals surface area contributed by atoms with Crippen LogP contribution in [0.15, 0.2) is 29.2 Å². The van der Waals surface area contributed by atoms with Gasteiger partial charge in [-0.05, 0) is 24.3 Å². The Morgan fingerprint density at radius 2 is 1.80 bits per heavy atom. The van der Waals surface area contributed by atoms with Crippen LogP contribution >= 0.6 is 23.2 Å². The Morgan fingerprint density at radius 3 is 2.27 bits per heavy atom. The summed E-state index contributed by atoms with van der Waals surface area (Å²) in [6.45, 7) is 0.284. The zero-order valence-electron chi connectivity index (χ0n) is 8.15. The summed E-state index contributed by atoms with van der Waals surface area (Å²) in [5.74, 6) is 0.267. The van der Waals surface area contributed by atoms with Crippen molar-refractivity contribution in [3.05, 3.63) is 29.3 Å². The molecule has 0 radical (unpaired) electrons. The molecular formula is C9H11Cl2NO2S. The number of hydrogen-bond donors (Lipinski definition) is 0. The number of halogens is 2. The molecule has 0 unspecified atom stereocenters. The average Bonchev–Trinajstić information content (AvgIpc) is 2.18. The molecule has 0 atom stereocenters. The largest absolute Gasteiger partial charge is 0.242 e. The maximum Gasteiger partial charge on any atom is 0.242 e. The quantitative estimate of drug-likeness (QED) is 0.785. The molecule has 6 heteroatoms. The van der Waals surface area contributed by atoms with E-state index in [1.165, 1.54) is 23.5 Å². The third-order valence-corrected chi connectivity index (χ3v) is 4.21. The summed E-state index contributed by atoms with van der Waals surface area (Å²) >= 11 is 11.2. The van der Waals surface area contributed by atoms with Crippen LogP contribution in [0.4, 0.5) is 0 Å². The van der Waals surface area contributed by atoms with Crippen LogP contribution in [0.1, 0.15) is 0 Å². The number of sulfonamides is 1. The van der Waals surface area contributed by atoms with Crippen molar-refractivity contribution in [3.8, 4) is 0 Å². The molecule has 0 amide bonds. The fraction of sp³-hybridized carbons (Fsp3) is 0.333. The van der Waals surface area contributed by atoms with Crippen LogP contribution in [-0.2, 0) is 10.0 Å².